The number of aliphatic hydroxyl groups is 3. The largest absolute Gasteiger partial charge is 0.469 e. The number of amides is 1. The molecule has 57 heavy (non-hydrogen) atoms. The molecule has 0 bridgehead atoms. The summed E-state index contributed by atoms with van der Waals surface area (Å²) in [6, 6.07) is 0. The van der Waals surface area contributed by atoms with E-state index in [1.54, 1.807) is 7.11 Å². The monoisotopic (exact) mass is 829 g/mol. The number of ether oxygens (including phenoxy) is 4. The van der Waals surface area contributed by atoms with E-state index >= 15 is 0 Å². The zero-order valence-corrected chi connectivity index (χ0v) is 42.6. The van der Waals surface area contributed by atoms with Gasteiger partial charge >= 0.3 is 5.97 Å². The average Bonchev–Trinajstić information content (AvgIpc) is 4.01. The number of nitrogens with one attached hydrogen (secondary N) is 1. The van der Waals surface area contributed by atoms with Gasteiger partial charge in [0.1, 0.15) is 6.10 Å². The van der Waals surface area contributed by atoms with Gasteiger partial charge in [-0.05, 0) is 78.1 Å². The zero-order valence-electron chi connectivity index (χ0n) is 42.6. The van der Waals surface area contributed by atoms with E-state index in [0.29, 0.717) is 30.5 Å². The third kappa shape index (κ3) is 69.1. The van der Waals surface area contributed by atoms with Crippen LogP contribution in [0.1, 0.15) is 185 Å². The van der Waals surface area contributed by atoms with Gasteiger partial charge in [-0.2, -0.15) is 0 Å². The summed E-state index contributed by atoms with van der Waals surface area (Å²) < 4.78 is 19.7. The lowest BCUT2D eigenvalue weighted by Gasteiger charge is -2.25. The van der Waals surface area contributed by atoms with E-state index in [-0.39, 0.29) is 45.5 Å². The summed E-state index contributed by atoms with van der Waals surface area (Å²) in [7, 11) is 5.10. The van der Waals surface area contributed by atoms with Crippen molar-refractivity contribution in [1.82, 2.24) is 5.32 Å². The molecule has 350 valence electrons. The van der Waals surface area contributed by atoms with Crippen LogP contribution in [-0.2, 0) is 33.3 Å². The highest BCUT2D eigenvalue weighted by atomic mass is 16.6. The minimum absolute atomic E-state index is 0.0487. The minimum Gasteiger partial charge on any atom is -0.469 e. The molecule has 0 saturated carbocycles. The van der Waals surface area contributed by atoms with Crippen molar-refractivity contribution in [1.29, 1.82) is 0 Å². The van der Waals surface area contributed by atoms with Crippen molar-refractivity contribution in [2.24, 2.45) is 21.2 Å². The molecule has 2 aliphatic rings. The Kier molecular flexibility index (Phi) is 50.4. The maximum absolute atomic E-state index is 10.7. The standard InChI is InChI=1S/C8H18O.C7H15NO.C7H14O2.C6H12O2.C6H12O.C5H9NO.2C2H6.2CH4O/c1-5-6-7(9)8(2,3)4;1-5-6(9)8-7(2,3)4;1-7(2,3)5-6(8)9-4;1-6(2)5(8-6)4-7-3;1-6(2,3)5-4-7-5;1-5(2,3)6-4-7;4*1-2/h7,9H,5-6H2,1-4H3;5H2,1-4H3,(H,8,9);5H2,1-4H3;5H,4H2,1-3H3;5H,4H2,1-3H3;1-3H3;2*1-2H3;2*2H,1H3. The Labute approximate surface area is 354 Å². The van der Waals surface area contributed by atoms with Gasteiger partial charge in [0.2, 0.25) is 12.0 Å². The lowest BCUT2D eigenvalue weighted by Crippen LogP contribution is -2.40. The highest BCUT2D eigenvalue weighted by Crippen LogP contribution is 2.35. The van der Waals surface area contributed by atoms with Gasteiger partial charge in [0.05, 0.1) is 50.1 Å². The van der Waals surface area contributed by atoms with Gasteiger partial charge in [-0.15, -0.1) is 0 Å². The fourth-order valence-electron chi connectivity index (χ4n) is 3.12. The number of hydrogen-bond donors (Lipinski definition) is 4. The van der Waals surface area contributed by atoms with Crippen molar-refractivity contribution in [3.05, 3.63) is 0 Å². The van der Waals surface area contributed by atoms with E-state index in [1.165, 1.54) is 13.2 Å². The molecule has 0 radical (unpaired) electrons. The topological polar surface area (TPSA) is 180 Å². The number of nitrogens with zero attached hydrogens (tertiary/aromatic N) is 1. The predicted octanol–water partition coefficient (Wildman–Crippen LogP) is 9.73. The molecule has 0 aromatic heterocycles. The number of carbonyl (C=O) groups is 2. The Bertz CT molecular complexity index is 898. The molecule has 3 unspecified atom stereocenters. The molecule has 2 rings (SSSR count). The van der Waals surface area contributed by atoms with Gasteiger partial charge in [0, 0.05) is 33.3 Å². The lowest BCUT2D eigenvalue weighted by molar-refractivity contribution is -0.142. The van der Waals surface area contributed by atoms with Crippen LogP contribution in [0.15, 0.2) is 4.99 Å². The average molecular weight is 829 g/mol. The van der Waals surface area contributed by atoms with Crippen molar-refractivity contribution in [2.75, 3.05) is 41.7 Å². The van der Waals surface area contributed by atoms with Crippen LogP contribution >= 0.6 is 0 Å². The Balaban J connectivity index is -0.0000000813. The normalized spacial score (nSPS) is 16.0. The number of aliphatic hydroxyl groups excluding tert-OH is 3. The molecular weight excluding hydrogens is 728 g/mol. The summed E-state index contributed by atoms with van der Waals surface area (Å²) in [6.45, 7) is 48.0. The van der Waals surface area contributed by atoms with E-state index in [2.05, 4.69) is 77.4 Å². The zero-order chi connectivity index (χ0) is 48.1. The molecule has 2 fully saturated rings. The molecule has 2 heterocycles. The van der Waals surface area contributed by atoms with E-state index in [0.717, 1.165) is 40.3 Å². The third-order valence-electron chi connectivity index (χ3n) is 6.46. The van der Waals surface area contributed by atoms with Gasteiger partial charge < -0.3 is 39.6 Å². The quantitative estimate of drug-likeness (QED) is 0.0871. The van der Waals surface area contributed by atoms with Crippen molar-refractivity contribution < 1.29 is 48.7 Å². The summed E-state index contributed by atoms with van der Waals surface area (Å²) in [4.78, 5) is 34.3. The number of hydrogen-bond acceptors (Lipinski definition) is 11. The smallest absolute Gasteiger partial charge is 0.306 e. The molecule has 0 aromatic rings. The van der Waals surface area contributed by atoms with Crippen molar-refractivity contribution in [3.63, 3.8) is 0 Å². The maximum Gasteiger partial charge on any atom is 0.306 e. The number of esters is 1. The molecule has 3 atom stereocenters. The predicted molar refractivity (Wildman–Crippen MR) is 242 cm³/mol. The molecule has 1 amide bonds. The minimum atomic E-state index is -0.248. The van der Waals surface area contributed by atoms with Crippen LogP contribution in [0.2, 0.25) is 0 Å². The fourth-order valence-corrected chi connectivity index (χ4v) is 3.12. The summed E-state index contributed by atoms with van der Waals surface area (Å²) in [5, 5.41) is 26.2. The van der Waals surface area contributed by atoms with Crippen LogP contribution in [0, 0.1) is 16.2 Å². The molecule has 2 aliphatic heterocycles. The molecule has 12 nitrogen and oxygen atoms in total. The molecular formula is C45H100N2O10. The van der Waals surface area contributed by atoms with Gasteiger partial charge in [0.25, 0.3) is 0 Å². The highest BCUT2D eigenvalue weighted by Gasteiger charge is 2.47. The van der Waals surface area contributed by atoms with Crippen LogP contribution in [0.4, 0.5) is 0 Å². The van der Waals surface area contributed by atoms with E-state index in [1.807, 2.05) is 96.9 Å². The van der Waals surface area contributed by atoms with E-state index in [9.17, 15) is 19.5 Å². The second-order valence-electron chi connectivity index (χ2n) is 18.4. The maximum atomic E-state index is 10.7. The summed E-state index contributed by atoms with van der Waals surface area (Å²) in [6.07, 6.45) is 5.28. The molecule has 0 spiro atoms. The van der Waals surface area contributed by atoms with Crippen LogP contribution in [0.25, 0.3) is 0 Å². The lowest BCUT2D eigenvalue weighted by atomic mass is 9.87. The van der Waals surface area contributed by atoms with Crippen molar-refractivity contribution >= 4 is 18.0 Å². The van der Waals surface area contributed by atoms with Crippen LogP contribution < -0.4 is 5.32 Å². The van der Waals surface area contributed by atoms with E-state index in [4.69, 9.17) is 24.4 Å². The van der Waals surface area contributed by atoms with Crippen LogP contribution in [0.5, 0.6) is 0 Å². The second-order valence-corrected chi connectivity index (χ2v) is 18.4. The number of aliphatic imine (C=N–C) groups is 1. The molecule has 2 saturated heterocycles. The van der Waals surface area contributed by atoms with Crippen molar-refractivity contribution in [2.45, 2.75) is 220 Å². The first-order chi connectivity index (χ1) is 25.7. The van der Waals surface area contributed by atoms with Crippen LogP contribution in [0.3, 0.4) is 0 Å². The van der Waals surface area contributed by atoms with Crippen LogP contribution in [-0.4, -0.2) is 110 Å². The number of methoxy groups -OCH3 is 2. The first kappa shape index (κ1) is 72.7. The molecule has 12 heteroatoms. The molecule has 0 aliphatic carbocycles. The summed E-state index contributed by atoms with van der Waals surface area (Å²) in [5.74, 6) is -0.0231. The Morgan fingerprint density at radius 3 is 1.30 bits per heavy atom. The number of rotatable bonds is 6. The molecule has 4 N–H and O–H groups in total. The Morgan fingerprint density at radius 1 is 0.842 bits per heavy atom. The fraction of sp³-hybridized carbons (Fsp3) is 0.933. The Morgan fingerprint density at radius 2 is 1.23 bits per heavy atom. The summed E-state index contributed by atoms with van der Waals surface area (Å²) >= 11 is 0. The van der Waals surface area contributed by atoms with E-state index < -0.39 is 0 Å². The SMILES string of the molecule is CC.CC.CC(C)(C)C1CO1.CC(C)(C)N=C=O.CCC(=O)NC(C)(C)C.CCCC(O)C(C)(C)C.CO.CO.COC(=O)CC(C)(C)C.COCC1OC1(C)C. The third-order valence-corrected chi connectivity index (χ3v) is 6.46. The second kappa shape index (κ2) is 39.5. The Hall–Kier alpha value is -1.92. The number of isocyanates is 1. The first-order valence-corrected chi connectivity index (χ1v) is 20.6. The molecule has 0 aromatic carbocycles. The van der Waals surface area contributed by atoms with Gasteiger partial charge in [-0.25, -0.2) is 9.79 Å². The van der Waals surface area contributed by atoms with Gasteiger partial charge in [-0.3, -0.25) is 9.59 Å². The van der Waals surface area contributed by atoms with Gasteiger partial charge in [-0.1, -0.05) is 110 Å². The van der Waals surface area contributed by atoms with Crippen molar-refractivity contribution in [3.8, 4) is 0 Å². The number of epoxide rings is 2. The first-order valence-electron chi connectivity index (χ1n) is 20.6. The van der Waals surface area contributed by atoms with Gasteiger partial charge in [0.15, 0.2) is 0 Å². The summed E-state index contributed by atoms with van der Waals surface area (Å²) in [5.41, 5.74) is 0.272. The highest BCUT2D eigenvalue weighted by molar-refractivity contribution is 5.76. The number of carbonyl (C=O) groups excluding carboxylic acids is 3.